The van der Waals surface area contributed by atoms with Crippen molar-refractivity contribution in [3.8, 4) is 34.5 Å². The molecule has 0 radical (unpaired) electrons. The lowest BCUT2D eigenvalue weighted by Crippen LogP contribution is -2.37. The van der Waals surface area contributed by atoms with E-state index in [2.05, 4.69) is 431 Å². The molecule has 6 atom stereocenters. The average Bonchev–Trinajstić information content (AvgIpc) is 0.764. The Morgan fingerprint density at radius 3 is 0.776 bits per heavy atom. The molecule has 0 heterocycles. The van der Waals surface area contributed by atoms with Gasteiger partial charge in [-0.2, -0.15) is 0 Å². The smallest absolute Gasteiger partial charge is 0.127 e. The number of hydrogen-bond donors (Lipinski definition) is 6. The van der Waals surface area contributed by atoms with Gasteiger partial charge in [0.15, 0.2) is 0 Å². The van der Waals surface area contributed by atoms with Gasteiger partial charge in [-0.1, -0.05) is 332 Å². The van der Waals surface area contributed by atoms with Crippen LogP contribution < -0.4 is 63.7 Å². The maximum atomic E-state index is 11.2. The fourth-order valence-electron chi connectivity index (χ4n) is 17.9. The van der Waals surface area contributed by atoms with Crippen molar-refractivity contribution in [2.24, 2.45) is 0 Å². The Bertz CT molecular complexity index is 6200. The molecule has 12 aromatic carbocycles. The predicted molar refractivity (Wildman–Crippen MR) is 659 cm³/mol. The second kappa shape index (κ2) is 57.5. The highest BCUT2D eigenvalue weighted by atomic mass is 31.1. The third-order valence-electron chi connectivity index (χ3n) is 27.6. The molecule has 0 bridgehead atoms. The van der Waals surface area contributed by atoms with Crippen LogP contribution in [0.4, 0.5) is 0 Å². The van der Waals surface area contributed by atoms with E-state index in [1.807, 2.05) is 63.2 Å². The van der Waals surface area contributed by atoms with Crippen LogP contribution in [0.2, 0.25) is 0 Å². The van der Waals surface area contributed by atoms with Gasteiger partial charge in [0.1, 0.15) is 34.5 Å². The maximum absolute atomic E-state index is 11.2. The highest BCUT2D eigenvalue weighted by Crippen LogP contribution is 2.40. The van der Waals surface area contributed by atoms with Gasteiger partial charge in [-0.25, -0.2) is 0 Å². The molecule has 147 heavy (non-hydrogen) atoms. The summed E-state index contributed by atoms with van der Waals surface area (Å²) in [6.07, 6.45) is 0. The molecule has 12 rings (SSSR count). The van der Waals surface area contributed by atoms with E-state index in [-0.39, 0.29) is 21.7 Å². The Kier molecular flexibility index (Phi) is 49.1. The lowest BCUT2D eigenvalue weighted by molar-refractivity contribution is 0.166. The van der Waals surface area contributed by atoms with E-state index in [0.717, 1.165) is 125 Å². The topological polar surface area (TPSA) is 141 Å². The van der Waals surface area contributed by atoms with E-state index in [1.54, 1.807) is 6.07 Å². The van der Waals surface area contributed by atoms with Crippen molar-refractivity contribution < 1.29 is 30.6 Å². The summed E-state index contributed by atoms with van der Waals surface area (Å²) in [6.45, 7) is 86.1. The van der Waals surface area contributed by atoms with Crippen LogP contribution in [0.25, 0.3) is 0 Å². The third kappa shape index (κ3) is 37.4. The zero-order chi connectivity index (χ0) is 110. The standard InChI is InChI=1S/C25H38NOP.2C22H32NOP.C21H30NOP.C20H28NOP.C19H26NOP/c1-10-26(9)16-18-13-11-12-17(2)23(18)28-21-15-19(24(3,4)5)14-20(22(21)27)25(6,7)8;1-8-23(7)14-17-11-9-10-16(3)21(17)25-19-13-15(2)12-18(20(19)24)22(4,5)6;1-8-23(7)14-17-11-9-10-15(2)21(17)25-19-13-18(22(4,5)6)12-16(3)20(19)24;1-14(2)22(15(3)4)13-18-11-7-10-17(6)21(18)24-19-12-8-9-16(5)20(19)23;1-14(2)21(15(3)4)13-17-10-8-9-16(5)20(17)23-19-12-7-6-11-18(19)22;1-6-20(5)12-16-9-7-8-14(3)19(16)22-17-11-13(2)10-15(4)18(17)21/h11-15,27-28H,10,16H2,1-9H3;2*9-13,24-25H,8,14H2,1-7H3;7-12,14-15,23-24H,13H2,1-6H3;6-12,14-15,22-23H,13H2,1-5H3;7-11,21-22H,6,12H2,1-5H3. The van der Waals surface area contributed by atoms with Crippen LogP contribution in [-0.4, -0.2) is 139 Å². The zero-order valence-corrected chi connectivity index (χ0v) is 103. The first-order valence-electron chi connectivity index (χ1n) is 53.0. The molecule has 0 fully saturated rings. The Balaban J connectivity index is 0.000000239. The first-order chi connectivity index (χ1) is 68.7. The molecule has 6 unspecified atom stereocenters. The van der Waals surface area contributed by atoms with Crippen molar-refractivity contribution in [1.29, 1.82) is 0 Å². The van der Waals surface area contributed by atoms with Gasteiger partial charge in [-0.15, -0.1) is 0 Å². The molecule has 0 aliphatic rings. The molecule has 12 nitrogen and oxygen atoms in total. The third-order valence-corrected chi connectivity index (χ3v) is 37.4. The fraction of sp³-hybridized carbons (Fsp3) is 0.442. The average molecular weight is 2100 g/mol. The molecule has 0 saturated carbocycles. The lowest BCUT2D eigenvalue weighted by atomic mass is 9.80. The van der Waals surface area contributed by atoms with Crippen molar-refractivity contribution in [1.82, 2.24) is 29.4 Å². The minimum Gasteiger partial charge on any atom is -0.507 e. The van der Waals surface area contributed by atoms with Crippen LogP contribution in [0.1, 0.15) is 283 Å². The molecule has 18 heteroatoms. The number of para-hydroxylation sites is 2. The molecule has 798 valence electrons. The summed E-state index contributed by atoms with van der Waals surface area (Å²) in [5.74, 6) is 2.66. The summed E-state index contributed by atoms with van der Waals surface area (Å²) in [6, 6.07) is 72.1. The molecule has 0 saturated heterocycles. The quantitative estimate of drug-likeness (QED) is 0.0224. The van der Waals surface area contributed by atoms with Gasteiger partial charge in [0.05, 0.1) is 0 Å². The summed E-state index contributed by atoms with van der Waals surface area (Å²) in [7, 11) is 11.4. The van der Waals surface area contributed by atoms with E-state index in [9.17, 15) is 30.6 Å². The largest absolute Gasteiger partial charge is 0.507 e. The molecular formula is C129H186N6O6P6. The first-order valence-corrected chi connectivity index (χ1v) is 59.0. The molecule has 0 aliphatic carbocycles. The zero-order valence-electron chi connectivity index (χ0n) is 97.3. The van der Waals surface area contributed by atoms with Crippen LogP contribution in [0.15, 0.2) is 200 Å². The molecular weight excluding hydrogens is 1920 g/mol. The number of aromatic hydroxyl groups is 6. The summed E-state index contributed by atoms with van der Waals surface area (Å²) in [5.41, 5.74) is 25.9. The van der Waals surface area contributed by atoms with Crippen molar-refractivity contribution in [2.75, 3.05) is 54.4 Å². The normalized spacial score (nSPS) is 12.4. The number of phenolic OH excluding ortho intramolecular Hbond substituents is 6. The van der Waals surface area contributed by atoms with Gasteiger partial charge in [0.2, 0.25) is 0 Å². The van der Waals surface area contributed by atoms with Crippen LogP contribution in [0.5, 0.6) is 34.5 Å². The van der Waals surface area contributed by atoms with Gasteiger partial charge in [-0.05, 0) is 375 Å². The van der Waals surface area contributed by atoms with E-state index < -0.39 is 0 Å². The van der Waals surface area contributed by atoms with Crippen LogP contribution in [-0.2, 0) is 60.9 Å². The van der Waals surface area contributed by atoms with Gasteiger partial charge in [-0.3, -0.25) is 9.80 Å². The molecule has 0 aliphatic heterocycles. The Morgan fingerprint density at radius 1 is 0.231 bits per heavy atom. The van der Waals surface area contributed by atoms with E-state index in [1.165, 1.54) is 121 Å². The number of aryl methyl sites for hydroxylation is 11. The highest BCUT2D eigenvalue weighted by Gasteiger charge is 2.30. The number of phenols is 6. The van der Waals surface area contributed by atoms with Gasteiger partial charge in [0.25, 0.3) is 0 Å². The van der Waals surface area contributed by atoms with Crippen LogP contribution in [0, 0.1) is 76.2 Å². The summed E-state index contributed by atoms with van der Waals surface area (Å²) < 4.78 is 0. The molecule has 12 aromatic rings. The Hall–Kier alpha value is -8.22. The predicted octanol–water partition coefficient (Wildman–Crippen LogP) is 25.8. The number of hydrogen-bond acceptors (Lipinski definition) is 12. The molecule has 6 N–H and O–H groups in total. The van der Waals surface area contributed by atoms with Gasteiger partial charge < -0.3 is 50.2 Å². The number of benzene rings is 12. The summed E-state index contributed by atoms with van der Waals surface area (Å²) >= 11 is 0. The summed E-state index contributed by atoms with van der Waals surface area (Å²) in [4.78, 5) is 14.3. The van der Waals surface area contributed by atoms with Gasteiger partial charge >= 0.3 is 0 Å². The monoisotopic (exact) mass is 2100 g/mol. The van der Waals surface area contributed by atoms with E-state index in [4.69, 9.17) is 0 Å². The van der Waals surface area contributed by atoms with Crippen molar-refractivity contribution in [3.05, 3.63) is 317 Å². The van der Waals surface area contributed by atoms with Crippen molar-refractivity contribution >= 4 is 115 Å². The number of nitrogens with zero attached hydrogens (tertiary/aromatic N) is 6. The maximum Gasteiger partial charge on any atom is 0.127 e. The minimum atomic E-state index is -0.0957. The first kappa shape index (κ1) is 126. The van der Waals surface area contributed by atoms with Gasteiger partial charge in [0, 0.05) is 106 Å². The van der Waals surface area contributed by atoms with Crippen molar-refractivity contribution in [3.63, 3.8) is 0 Å². The molecule has 0 aromatic heterocycles. The van der Waals surface area contributed by atoms with Crippen molar-refractivity contribution in [2.45, 2.75) is 327 Å². The molecule has 0 amide bonds. The SMILES string of the molecule is CCN(C)Cc1cccc(C)c1Pc1cc(C(C)(C)C)cc(C(C)(C)C)c1O.CCN(C)Cc1cccc(C)c1Pc1cc(C(C)(C)C)cc(C)c1O.CCN(C)Cc1cccc(C)c1Pc1cc(C)cc(C(C)(C)C)c1O.CCN(C)Cc1cccc(C)c1Pc1cc(C)cc(C)c1O.Cc1cccc(CN(C(C)C)C(C)C)c1Pc1ccccc1O.Cc1cccc(Pc2c(C)cccc2CN(C(C)C)C(C)C)c1O. The second-order valence-corrected chi connectivity index (χ2v) is 53.5. The Morgan fingerprint density at radius 2 is 0.469 bits per heavy atom. The summed E-state index contributed by atoms with van der Waals surface area (Å²) in [5, 5.41) is 78.1. The van der Waals surface area contributed by atoms with Crippen LogP contribution in [0.3, 0.4) is 0 Å². The van der Waals surface area contributed by atoms with E-state index >= 15 is 0 Å². The van der Waals surface area contributed by atoms with E-state index in [0.29, 0.717) is 110 Å². The lowest BCUT2D eigenvalue weighted by Gasteiger charge is -2.31. The molecule has 0 spiro atoms. The van der Waals surface area contributed by atoms with Crippen LogP contribution >= 0.6 is 51.5 Å². The fourth-order valence-corrected chi connectivity index (χ4v) is 26.2. The second-order valence-electron chi connectivity index (χ2n) is 45.7. The highest BCUT2D eigenvalue weighted by molar-refractivity contribution is 7.57. The minimum absolute atomic E-state index is 0.0456. The Labute approximate surface area is 902 Å². The number of rotatable bonds is 32.